The van der Waals surface area contributed by atoms with Gasteiger partial charge in [-0.05, 0) is 12.0 Å². The maximum Gasteiger partial charge on any atom is 0.306 e. The summed E-state index contributed by atoms with van der Waals surface area (Å²) in [6.45, 7) is -1.40. The number of esters is 1. The first-order chi connectivity index (χ1) is 13.0. The first kappa shape index (κ1) is 21.7. The Morgan fingerprint density at radius 3 is 2.33 bits per heavy atom. The van der Waals surface area contributed by atoms with Gasteiger partial charge in [0.15, 0.2) is 6.29 Å². The molecule has 1 heterocycles. The third kappa shape index (κ3) is 6.22. The van der Waals surface area contributed by atoms with Gasteiger partial charge >= 0.3 is 5.97 Å². The van der Waals surface area contributed by atoms with Crippen LogP contribution in [0.4, 0.5) is 0 Å². The number of hydrogen-bond donors (Lipinski definition) is 5. The second-order valence-electron chi connectivity index (χ2n) is 6.31. The minimum atomic E-state index is -1.60. The van der Waals surface area contributed by atoms with E-state index in [0.717, 1.165) is 5.56 Å². The summed E-state index contributed by atoms with van der Waals surface area (Å²) >= 11 is 0. The topological polar surface area (TPSA) is 146 Å². The van der Waals surface area contributed by atoms with Crippen LogP contribution in [-0.2, 0) is 25.4 Å². The van der Waals surface area contributed by atoms with Crippen LogP contribution < -0.4 is 0 Å². The highest BCUT2D eigenvalue weighted by Gasteiger charge is 2.45. The molecule has 0 unspecified atom stereocenters. The lowest BCUT2D eigenvalue weighted by atomic mass is 9.99. The fraction of sp³-hybridized carbons (Fsp3) is 0.611. The van der Waals surface area contributed by atoms with Crippen molar-refractivity contribution >= 4 is 5.97 Å². The maximum atomic E-state index is 11.9. The van der Waals surface area contributed by atoms with Crippen LogP contribution in [0.5, 0.6) is 0 Å². The number of aliphatic hydroxyl groups is 5. The van der Waals surface area contributed by atoms with Crippen molar-refractivity contribution in [2.75, 3.05) is 19.8 Å². The molecule has 0 radical (unpaired) electrons. The molecule has 1 aliphatic heterocycles. The quantitative estimate of drug-likeness (QED) is 0.315. The molecule has 0 amide bonds. The van der Waals surface area contributed by atoms with Gasteiger partial charge in [-0.3, -0.25) is 4.79 Å². The van der Waals surface area contributed by atoms with E-state index in [1.165, 1.54) is 0 Å². The fourth-order valence-electron chi connectivity index (χ4n) is 2.64. The summed E-state index contributed by atoms with van der Waals surface area (Å²) < 4.78 is 15.6. The third-order valence-corrected chi connectivity index (χ3v) is 4.27. The van der Waals surface area contributed by atoms with E-state index in [0.29, 0.717) is 6.42 Å². The summed E-state index contributed by atoms with van der Waals surface area (Å²) in [6.07, 6.45) is -7.62. The van der Waals surface area contributed by atoms with Gasteiger partial charge in [-0.15, -0.1) is 0 Å². The molecule has 9 heteroatoms. The lowest BCUT2D eigenvalue weighted by Gasteiger charge is -2.40. The Labute approximate surface area is 156 Å². The Morgan fingerprint density at radius 1 is 1.04 bits per heavy atom. The standard InChI is InChI=1S/C18H26O9/c19-8-12(9-20)26-18-17(24)16(23)15(22)13(27-18)10-25-14(21)7-6-11-4-2-1-3-5-11/h1-5,12-13,15-20,22-24H,6-10H2/t13-,15+,16+,17-,18-/m1/s1. The van der Waals surface area contributed by atoms with Gasteiger partial charge < -0.3 is 39.7 Å². The van der Waals surface area contributed by atoms with Crippen LogP contribution in [0.25, 0.3) is 0 Å². The van der Waals surface area contributed by atoms with Gasteiger partial charge in [0.05, 0.1) is 13.2 Å². The highest BCUT2D eigenvalue weighted by Crippen LogP contribution is 2.23. The molecule has 5 N–H and O–H groups in total. The minimum absolute atomic E-state index is 0.134. The van der Waals surface area contributed by atoms with Crippen LogP contribution in [0.1, 0.15) is 12.0 Å². The molecule has 1 aromatic rings. The van der Waals surface area contributed by atoms with E-state index in [1.807, 2.05) is 30.3 Å². The number of aryl methyl sites for hydroxylation is 1. The molecule has 5 atom stereocenters. The number of aliphatic hydroxyl groups excluding tert-OH is 5. The third-order valence-electron chi connectivity index (χ3n) is 4.27. The number of rotatable bonds is 9. The Morgan fingerprint density at radius 2 is 1.70 bits per heavy atom. The van der Waals surface area contributed by atoms with E-state index in [1.54, 1.807) is 0 Å². The van der Waals surface area contributed by atoms with Crippen molar-refractivity contribution in [3.05, 3.63) is 35.9 Å². The van der Waals surface area contributed by atoms with Gasteiger partial charge in [0.25, 0.3) is 0 Å². The second kappa shape index (κ2) is 10.7. The Balaban J connectivity index is 1.85. The van der Waals surface area contributed by atoms with E-state index in [-0.39, 0.29) is 13.0 Å². The van der Waals surface area contributed by atoms with Gasteiger partial charge in [-0.1, -0.05) is 30.3 Å². The van der Waals surface area contributed by atoms with Gasteiger partial charge in [0, 0.05) is 6.42 Å². The number of carbonyl (C=O) groups excluding carboxylic acids is 1. The van der Waals surface area contributed by atoms with Gasteiger partial charge in [-0.25, -0.2) is 0 Å². The number of ether oxygens (including phenoxy) is 3. The summed E-state index contributed by atoms with van der Waals surface area (Å²) in [5, 5.41) is 48.0. The van der Waals surface area contributed by atoms with E-state index in [4.69, 9.17) is 24.4 Å². The highest BCUT2D eigenvalue weighted by atomic mass is 16.7. The largest absolute Gasteiger partial charge is 0.463 e. The number of hydrogen-bond acceptors (Lipinski definition) is 9. The summed E-state index contributed by atoms with van der Waals surface area (Å²) in [7, 11) is 0. The number of carbonyl (C=O) groups is 1. The van der Waals surface area contributed by atoms with Crippen LogP contribution in [-0.4, -0.2) is 88.1 Å². The van der Waals surface area contributed by atoms with Gasteiger partial charge in [0.2, 0.25) is 0 Å². The molecule has 2 rings (SSSR count). The molecule has 9 nitrogen and oxygen atoms in total. The molecule has 1 fully saturated rings. The second-order valence-corrected chi connectivity index (χ2v) is 6.31. The monoisotopic (exact) mass is 386 g/mol. The molecule has 0 bridgehead atoms. The SMILES string of the molecule is O=C(CCc1ccccc1)OC[C@H]1O[C@@H](OC(CO)CO)[C@H](O)[C@@H](O)[C@H]1O. The predicted molar refractivity (Wildman–Crippen MR) is 91.4 cm³/mol. The molecular formula is C18H26O9. The van der Waals surface area contributed by atoms with Crippen molar-refractivity contribution in [3.8, 4) is 0 Å². The molecule has 0 aromatic heterocycles. The zero-order valence-electron chi connectivity index (χ0n) is 14.8. The van der Waals surface area contributed by atoms with Crippen molar-refractivity contribution < 1.29 is 44.5 Å². The van der Waals surface area contributed by atoms with Crippen molar-refractivity contribution in [2.45, 2.75) is 49.7 Å². The molecule has 1 aliphatic rings. The Bertz CT molecular complexity index is 563. The van der Waals surface area contributed by atoms with Crippen molar-refractivity contribution in [3.63, 3.8) is 0 Å². The molecule has 0 spiro atoms. The average molecular weight is 386 g/mol. The number of benzene rings is 1. The molecule has 152 valence electrons. The lowest BCUT2D eigenvalue weighted by Crippen LogP contribution is -2.60. The van der Waals surface area contributed by atoms with Crippen molar-refractivity contribution in [2.24, 2.45) is 0 Å². The van der Waals surface area contributed by atoms with E-state index >= 15 is 0 Å². The lowest BCUT2D eigenvalue weighted by molar-refractivity contribution is -0.315. The zero-order chi connectivity index (χ0) is 19.8. The highest BCUT2D eigenvalue weighted by molar-refractivity contribution is 5.69. The van der Waals surface area contributed by atoms with E-state index < -0.39 is 56.0 Å². The smallest absolute Gasteiger partial charge is 0.306 e. The summed E-state index contributed by atoms with van der Waals surface area (Å²) in [5.74, 6) is -0.503. The van der Waals surface area contributed by atoms with E-state index in [2.05, 4.69) is 0 Å². The van der Waals surface area contributed by atoms with Crippen LogP contribution in [0, 0.1) is 0 Å². The van der Waals surface area contributed by atoms with Crippen molar-refractivity contribution in [1.82, 2.24) is 0 Å². The first-order valence-electron chi connectivity index (χ1n) is 8.72. The molecular weight excluding hydrogens is 360 g/mol. The summed E-state index contributed by atoms with van der Waals surface area (Å²) in [4.78, 5) is 11.9. The van der Waals surface area contributed by atoms with E-state index in [9.17, 15) is 20.1 Å². The summed E-state index contributed by atoms with van der Waals surface area (Å²) in [5.41, 5.74) is 0.981. The van der Waals surface area contributed by atoms with Crippen LogP contribution in [0.2, 0.25) is 0 Å². The van der Waals surface area contributed by atoms with Gasteiger partial charge in [0.1, 0.15) is 37.1 Å². The average Bonchev–Trinajstić information content (AvgIpc) is 2.70. The van der Waals surface area contributed by atoms with Crippen LogP contribution >= 0.6 is 0 Å². The molecule has 1 aromatic carbocycles. The fourth-order valence-corrected chi connectivity index (χ4v) is 2.64. The maximum absolute atomic E-state index is 11.9. The van der Waals surface area contributed by atoms with Crippen LogP contribution in [0.3, 0.4) is 0 Å². The molecule has 0 aliphatic carbocycles. The molecule has 0 saturated carbocycles. The minimum Gasteiger partial charge on any atom is -0.463 e. The first-order valence-corrected chi connectivity index (χ1v) is 8.72. The zero-order valence-corrected chi connectivity index (χ0v) is 14.8. The molecule has 27 heavy (non-hydrogen) atoms. The predicted octanol–water partition coefficient (Wildman–Crippen LogP) is -1.66. The molecule has 1 saturated heterocycles. The Hall–Kier alpha value is -1.59. The van der Waals surface area contributed by atoms with Crippen molar-refractivity contribution in [1.29, 1.82) is 0 Å². The summed E-state index contributed by atoms with van der Waals surface area (Å²) in [6, 6.07) is 9.39. The van der Waals surface area contributed by atoms with Crippen LogP contribution in [0.15, 0.2) is 30.3 Å². The van der Waals surface area contributed by atoms with Gasteiger partial charge in [-0.2, -0.15) is 0 Å². The Kier molecular flexibility index (Phi) is 8.58. The normalized spacial score (nSPS) is 28.3.